The van der Waals surface area contributed by atoms with Crippen LogP contribution >= 0.6 is 11.6 Å². The lowest BCUT2D eigenvalue weighted by Crippen LogP contribution is -2.22. The predicted molar refractivity (Wildman–Crippen MR) is 158 cm³/mol. The van der Waals surface area contributed by atoms with Gasteiger partial charge in [0, 0.05) is 35.9 Å². The average Bonchev–Trinajstić information content (AvgIpc) is 2.93. The first kappa shape index (κ1) is 30.2. The quantitative estimate of drug-likeness (QED) is 0.141. The standard InChI is InChI=1S/C30H31ClFN5O3/c1-6-21-8-11-24(12-9-21)34-30(39)25-17-23(31)18-28(40-5)29(25)37(20-38)27-13-10-22(16-26(27)32)19-33-36(4)15-7-14-35(2)3/h1,8-13,16-20H,7,14-15H2,2-5H3,(H,34,39). The lowest BCUT2D eigenvalue weighted by Gasteiger charge is -2.24. The van der Waals surface area contributed by atoms with Crippen molar-refractivity contribution in [2.75, 3.05) is 51.6 Å². The molecule has 10 heteroatoms. The Balaban J connectivity index is 1.93. The normalized spacial score (nSPS) is 10.8. The predicted octanol–water partition coefficient (Wildman–Crippen LogP) is 5.23. The first-order valence-corrected chi connectivity index (χ1v) is 12.7. The summed E-state index contributed by atoms with van der Waals surface area (Å²) in [6.07, 6.45) is 8.28. The Kier molecular flexibility index (Phi) is 10.6. The first-order chi connectivity index (χ1) is 19.2. The van der Waals surface area contributed by atoms with Crippen molar-refractivity contribution in [2.24, 2.45) is 5.10 Å². The van der Waals surface area contributed by atoms with E-state index in [1.807, 2.05) is 21.1 Å². The fourth-order valence-electron chi connectivity index (χ4n) is 3.87. The van der Waals surface area contributed by atoms with Gasteiger partial charge in [-0.2, -0.15) is 5.10 Å². The van der Waals surface area contributed by atoms with Crippen LogP contribution in [0.25, 0.3) is 0 Å². The van der Waals surface area contributed by atoms with Crippen LogP contribution in [0.5, 0.6) is 5.75 Å². The summed E-state index contributed by atoms with van der Waals surface area (Å²) in [5.74, 6) is 1.33. The molecule has 40 heavy (non-hydrogen) atoms. The van der Waals surface area contributed by atoms with Gasteiger partial charge in [-0.25, -0.2) is 4.39 Å². The van der Waals surface area contributed by atoms with Crippen LogP contribution in [0.1, 0.15) is 27.9 Å². The molecule has 208 valence electrons. The SMILES string of the molecule is C#Cc1ccc(NC(=O)c2cc(Cl)cc(OC)c2N(C=O)c2ccc(C=NN(C)CCCN(C)C)cc2F)cc1. The maximum atomic E-state index is 15.4. The number of hydrogen-bond acceptors (Lipinski definition) is 6. The number of benzene rings is 3. The van der Waals surface area contributed by atoms with Crippen molar-refractivity contribution < 1.29 is 18.7 Å². The van der Waals surface area contributed by atoms with E-state index in [1.54, 1.807) is 41.6 Å². The van der Waals surface area contributed by atoms with Gasteiger partial charge in [0.2, 0.25) is 6.41 Å². The van der Waals surface area contributed by atoms with Gasteiger partial charge >= 0.3 is 0 Å². The van der Waals surface area contributed by atoms with E-state index in [9.17, 15) is 9.59 Å². The Morgan fingerprint density at radius 3 is 2.45 bits per heavy atom. The number of carbonyl (C=O) groups is 2. The molecule has 0 unspecified atom stereocenters. The highest BCUT2D eigenvalue weighted by Gasteiger charge is 2.25. The molecule has 0 heterocycles. The van der Waals surface area contributed by atoms with E-state index in [1.165, 1.54) is 31.4 Å². The number of rotatable bonds is 12. The third kappa shape index (κ3) is 7.82. The number of hydrogen-bond donors (Lipinski definition) is 1. The Labute approximate surface area is 239 Å². The molecule has 0 aliphatic rings. The Morgan fingerprint density at radius 1 is 1.12 bits per heavy atom. The third-order valence-corrected chi connectivity index (χ3v) is 6.10. The molecule has 0 aliphatic heterocycles. The molecular weight excluding hydrogens is 533 g/mol. The topological polar surface area (TPSA) is 77.5 Å². The van der Waals surface area contributed by atoms with Crippen molar-refractivity contribution in [3.8, 4) is 18.1 Å². The first-order valence-electron chi connectivity index (χ1n) is 12.4. The second-order valence-electron chi connectivity index (χ2n) is 9.15. The summed E-state index contributed by atoms with van der Waals surface area (Å²) in [6.45, 7) is 1.67. The fourth-order valence-corrected chi connectivity index (χ4v) is 4.08. The summed E-state index contributed by atoms with van der Waals surface area (Å²) in [6, 6.07) is 13.8. The summed E-state index contributed by atoms with van der Waals surface area (Å²) < 4.78 is 20.8. The largest absolute Gasteiger partial charge is 0.494 e. The highest BCUT2D eigenvalue weighted by molar-refractivity contribution is 6.31. The van der Waals surface area contributed by atoms with Crippen LogP contribution in [0.15, 0.2) is 59.7 Å². The minimum Gasteiger partial charge on any atom is -0.494 e. The lowest BCUT2D eigenvalue weighted by atomic mass is 10.1. The average molecular weight is 564 g/mol. The van der Waals surface area contributed by atoms with Gasteiger partial charge in [0.1, 0.15) is 17.3 Å². The van der Waals surface area contributed by atoms with Crippen molar-refractivity contribution >= 4 is 47.2 Å². The van der Waals surface area contributed by atoms with Crippen molar-refractivity contribution in [3.05, 3.63) is 82.1 Å². The molecule has 3 rings (SSSR count). The van der Waals surface area contributed by atoms with Crippen LogP contribution in [0, 0.1) is 18.2 Å². The number of ether oxygens (including phenoxy) is 1. The second kappa shape index (κ2) is 14.1. The lowest BCUT2D eigenvalue weighted by molar-refractivity contribution is -0.106. The van der Waals surface area contributed by atoms with Crippen molar-refractivity contribution in [3.63, 3.8) is 0 Å². The number of methoxy groups -OCH3 is 1. The molecule has 0 atom stereocenters. The number of anilines is 3. The Bertz CT molecular complexity index is 1420. The fraction of sp³-hybridized carbons (Fsp3) is 0.233. The van der Waals surface area contributed by atoms with Gasteiger partial charge in [0.05, 0.1) is 24.6 Å². The van der Waals surface area contributed by atoms with Gasteiger partial charge in [0.25, 0.3) is 5.91 Å². The smallest absolute Gasteiger partial charge is 0.257 e. The van der Waals surface area contributed by atoms with E-state index in [4.69, 9.17) is 22.8 Å². The summed E-state index contributed by atoms with van der Waals surface area (Å²) in [7, 11) is 7.21. The van der Waals surface area contributed by atoms with E-state index < -0.39 is 11.7 Å². The van der Waals surface area contributed by atoms with Crippen LogP contribution in [0.2, 0.25) is 5.02 Å². The molecule has 0 aromatic heterocycles. The van der Waals surface area contributed by atoms with Crippen molar-refractivity contribution in [1.82, 2.24) is 9.91 Å². The van der Waals surface area contributed by atoms with Crippen LogP contribution < -0.4 is 15.0 Å². The Hall–Kier alpha value is -4.39. The minimum atomic E-state index is -0.695. The summed E-state index contributed by atoms with van der Waals surface area (Å²) in [4.78, 5) is 28.8. The second-order valence-corrected chi connectivity index (χ2v) is 9.59. The van der Waals surface area contributed by atoms with Crippen LogP contribution in [-0.2, 0) is 4.79 Å². The molecule has 3 aromatic rings. The Morgan fingerprint density at radius 2 is 1.85 bits per heavy atom. The molecule has 0 aliphatic carbocycles. The molecule has 8 nitrogen and oxygen atoms in total. The number of hydrazone groups is 1. The van der Waals surface area contributed by atoms with Crippen LogP contribution in [-0.4, -0.2) is 69.8 Å². The highest BCUT2D eigenvalue weighted by atomic mass is 35.5. The maximum Gasteiger partial charge on any atom is 0.257 e. The van der Waals surface area contributed by atoms with Crippen LogP contribution in [0.4, 0.5) is 21.5 Å². The summed E-state index contributed by atoms with van der Waals surface area (Å²) in [5.41, 5.74) is 1.56. The zero-order valence-corrected chi connectivity index (χ0v) is 23.6. The minimum absolute atomic E-state index is 0.00173. The zero-order chi connectivity index (χ0) is 29.2. The van der Waals surface area contributed by atoms with E-state index in [-0.39, 0.29) is 27.7 Å². The van der Waals surface area contributed by atoms with Gasteiger partial charge in [0.15, 0.2) is 0 Å². The molecule has 0 radical (unpaired) electrons. The van der Waals surface area contributed by atoms with E-state index in [0.717, 1.165) is 24.4 Å². The molecule has 0 saturated carbocycles. The highest BCUT2D eigenvalue weighted by Crippen LogP contribution is 2.40. The number of nitrogens with zero attached hydrogens (tertiary/aromatic N) is 4. The molecule has 3 aromatic carbocycles. The zero-order valence-electron chi connectivity index (χ0n) is 22.8. The number of terminal acetylenes is 1. The molecular formula is C30H31ClFN5O3. The molecule has 0 saturated heterocycles. The van der Waals surface area contributed by atoms with Gasteiger partial charge in [-0.15, -0.1) is 6.42 Å². The van der Waals surface area contributed by atoms with Gasteiger partial charge in [-0.1, -0.05) is 23.6 Å². The number of halogens is 2. The monoisotopic (exact) mass is 563 g/mol. The number of carbonyl (C=O) groups excluding carboxylic acids is 2. The van der Waals surface area contributed by atoms with E-state index in [0.29, 0.717) is 23.2 Å². The molecule has 1 N–H and O–H groups in total. The molecule has 2 amide bonds. The third-order valence-electron chi connectivity index (χ3n) is 5.88. The number of nitrogens with one attached hydrogen (secondary N) is 1. The van der Waals surface area contributed by atoms with E-state index >= 15 is 4.39 Å². The number of amides is 2. The summed E-state index contributed by atoms with van der Waals surface area (Å²) in [5, 5.41) is 9.07. The molecule has 0 bridgehead atoms. The van der Waals surface area contributed by atoms with Crippen molar-refractivity contribution in [2.45, 2.75) is 6.42 Å². The molecule has 0 fully saturated rings. The van der Waals surface area contributed by atoms with Gasteiger partial charge in [-0.3, -0.25) is 14.5 Å². The van der Waals surface area contributed by atoms with Crippen LogP contribution in [0.3, 0.4) is 0 Å². The van der Waals surface area contributed by atoms with Crippen molar-refractivity contribution in [1.29, 1.82) is 0 Å². The van der Waals surface area contributed by atoms with E-state index in [2.05, 4.69) is 21.2 Å². The maximum absolute atomic E-state index is 15.4. The summed E-state index contributed by atoms with van der Waals surface area (Å²) >= 11 is 6.26. The van der Waals surface area contributed by atoms with Gasteiger partial charge in [-0.05, 0) is 75.1 Å². The van der Waals surface area contributed by atoms with Gasteiger partial charge < -0.3 is 20.0 Å². The molecule has 0 spiro atoms.